The van der Waals surface area contributed by atoms with Gasteiger partial charge in [0.25, 0.3) is 0 Å². The molecule has 0 spiro atoms. The molecule has 15 heteroatoms. The van der Waals surface area contributed by atoms with E-state index in [0.29, 0.717) is 73.9 Å². The molecule has 3 aromatic heterocycles. The fraction of sp³-hybridized carbons (Fsp3) is 0.342. The van der Waals surface area contributed by atoms with Crippen LogP contribution >= 0.6 is 23.4 Å². The van der Waals surface area contributed by atoms with E-state index in [-0.39, 0.29) is 31.2 Å². The number of sulfonamides is 1. The normalized spacial score (nSPS) is 14.8. The fourth-order valence-electron chi connectivity index (χ4n) is 7.19. The second-order valence-electron chi connectivity index (χ2n) is 13.7. The first-order valence-corrected chi connectivity index (χ1v) is 20.1. The van der Waals surface area contributed by atoms with Gasteiger partial charge in [-0.05, 0) is 93.6 Å². The molecule has 1 aliphatic rings. The Kier molecular flexibility index (Phi) is 9.85. The zero-order valence-corrected chi connectivity index (χ0v) is 32.7. The van der Waals surface area contributed by atoms with E-state index in [1.165, 1.54) is 28.2 Å². The number of thioether (sulfide) groups is 1. The van der Waals surface area contributed by atoms with E-state index in [4.69, 9.17) is 26.5 Å². The van der Waals surface area contributed by atoms with Gasteiger partial charge >= 0.3 is 5.97 Å². The maximum absolute atomic E-state index is 14.4. The van der Waals surface area contributed by atoms with Gasteiger partial charge in [-0.1, -0.05) is 11.6 Å². The molecule has 0 fully saturated rings. The highest BCUT2D eigenvalue weighted by Crippen LogP contribution is 2.43. The third-order valence-electron chi connectivity index (χ3n) is 9.95. The number of fused-ring (bicyclic) bond motifs is 8. The van der Waals surface area contributed by atoms with E-state index in [1.54, 1.807) is 53.9 Å². The Morgan fingerprint density at radius 2 is 1.79 bits per heavy atom. The Labute approximate surface area is 316 Å². The molecule has 7 rings (SSSR count). The number of rotatable bonds is 3. The summed E-state index contributed by atoms with van der Waals surface area (Å²) in [4.78, 5) is 13.7. The Morgan fingerprint density at radius 3 is 2.53 bits per heavy atom. The van der Waals surface area contributed by atoms with E-state index >= 15 is 0 Å². The second-order valence-corrected chi connectivity index (χ2v) is 17.6. The summed E-state index contributed by atoms with van der Waals surface area (Å²) in [7, 11) is -0.213. The molecule has 53 heavy (non-hydrogen) atoms. The van der Waals surface area contributed by atoms with Crippen LogP contribution < -0.4 is 4.74 Å². The standard InChI is InChI=1S/C38H40ClFN6O5S2/c1-21(2)53(49,50)45-18-26-16-27(44(6)41-26)20-52-28-15-24-14-25(40)8-9-29(24)33(17-28)51-13-7-12-46-32-11-10-30(39)36(34(32)22(3)37(46)38(47)48)35-23(4)43(5)42-31(35)19-45/h8-11,14-17,21H,7,12-13,18-20H2,1-6H3,(H,47,48). The lowest BCUT2D eigenvalue weighted by Gasteiger charge is -2.23. The number of hydrogen-bond donors (Lipinski definition) is 1. The summed E-state index contributed by atoms with van der Waals surface area (Å²) in [6.45, 7) is 7.48. The number of ether oxygens (including phenoxy) is 1. The van der Waals surface area contributed by atoms with E-state index < -0.39 is 21.2 Å². The quantitative estimate of drug-likeness (QED) is 0.193. The molecule has 1 aliphatic heterocycles. The first-order valence-electron chi connectivity index (χ1n) is 17.2. The van der Waals surface area contributed by atoms with Crippen molar-refractivity contribution in [2.45, 2.75) is 69.6 Å². The average molecular weight is 779 g/mol. The van der Waals surface area contributed by atoms with Crippen LogP contribution in [0.2, 0.25) is 5.02 Å². The number of carboxylic acid groups (broad SMARTS) is 1. The smallest absolute Gasteiger partial charge is 0.352 e. The molecular formula is C38H40ClFN6O5S2. The molecule has 278 valence electrons. The lowest BCUT2D eigenvalue weighted by atomic mass is 9.96. The minimum absolute atomic E-state index is 0.00216. The zero-order chi connectivity index (χ0) is 37.9. The van der Waals surface area contributed by atoms with Crippen LogP contribution in [0, 0.1) is 19.7 Å². The topological polar surface area (TPSA) is 124 Å². The first kappa shape index (κ1) is 37.0. The summed E-state index contributed by atoms with van der Waals surface area (Å²) in [6.07, 6.45) is 0.471. The molecule has 6 aromatic rings. The van der Waals surface area contributed by atoms with Crippen LogP contribution in [0.5, 0.6) is 5.75 Å². The molecule has 1 N–H and O–H groups in total. The van der Waals surface area contributed by atoms with Gasteiger partial charge in [-0.15, -0.1) is 11.8 Å². The van der Waals surface area contributed by atoms with Gasteiger partial charge in [0.1, 0.15) is 17.3 Å². The molecule has 4 heterocycles. The van der Waals surface area contributed by atoms with Crippen LogP contribution in [-0.2, 0) is 49.5 Å². The molecule has 0 radical (unpaired) electrons. The van der Waals surface area contributed by atoms with Crippen molar-refractivity contribution in [3.63, 3.8) is 0 Å². The number of aromatic nitrogens is 5. The van der Waals surface area contributed by atoms with Crippen LogP contribution in [0.1, 0.15) is 59.1 Å². The summed E-state index contributed by atoms with van der Waals surface area (Å²) in [5, 5.41) is 21.8. The van der Waals surface area contributed by atoms with Gasteiger partial charge in [0, 0.05) is 75.1 Å². The maximum Gasteiger partial charge on any atom is 0.352 e. The largest absolute Gasteiger partial charge is 0.493 e. The van der Waals surface area contributed by atoms with Gasteiger partial charge in [-0.25, -0.2) is 17.6 Å². The summed E-state index contributed by atoms with van der Waals surface area (Å²) in [5.74, 6) is -0.333. The van der Waals surface area contributed by atoms with Gasteiger partial charge in [-0.3, -0.25) is 9.36 Å². The molecule has 11 nitrogen and oxygen atoms in total. The van der Waals surface area contributed by atoms with Crippen molar-refractivity contribution in [2.24, 2.45) is 14.1 Å². The van der Waals surface area contributed by atoms with E-state index in [9.17, 15) is 22.7 Å². The molecule has 0 unspecified atom stereocenters. The Morgan fingerprint density at radius 1 is 1.02 bits per heavy atom. The van der Waals surface area contributed by atoms with Gasteiger partial charge in [0.2, 0.25) is 10.0 Å². The van der Waals surface area contributed by atoms with Gasteiger partial charge < -0.3 is 14.4 Å². The Hall–Kier alpha value is -4.37. The van der Waals surface area contributed by atoms with Crippen molar-refractivity contribution in [1.29, 1.82) is 0 Å². The van der Waals surface area contributed by atoms with Crippen molar-refractivity contribution in [1.82, 2.24) is 28.4 Å². The van der Waals surface area contributed by atoms with Crippen molar-refractivity contribution < 1.29 is 27.4 Å². The Balaban J connectivity index is 1.44. The van der Waals surface area contributed by atoms with Gasteiger partial charge in [0.15, 0.2) is 0 Å². The number of nitrogens with zero attached hydrogens (tertiary/aromatic N) is 6. The summed E-state index contributed by atoms with van der Waals surface area (Å²) in [6, 6.07) is 13.9. The van der Waals surface area contributed by atoms with Gasteiger partial charge in [0.05, 0.1) is 36.3 Å². The second kappa shape index (κ2) is 14.1. The molecule has 0 aliphatic carbocycles. The first-order chi connectivity index (χ1) is 25.1. The number of carboxylic acids is 1. The molecule has 0 saturated heterocycles. The van der Waals surface area contributed by atoms with Crippen molar-refractivity contribution >= 4 is 61.0 Å². The van der Waals surface area contributed by atoms with Crippen LogP contribution in [0.4, 0.5) is 4.39 Å². The highest BCUT2D eigenvalue weighted by atomic mass is 35.5. The number of halogens is 2. The number of carbonyl (C=O) groups is 1. The van der Waals surface area contributed by atoms with Crippen molar-refractivity contribution in [3.8, 4) is 16.9 Å². The molecule has 0 saturated carbocycles. The number of aromatic carboxylic acids is 1. The molecule has 3 aromatic carbocycles. The van der Waals surface area contributed by atoms with Gasteiger partial charge in [-0.2, -0.15) is 14.5 Å². The summed E-state index contributed by atoms with van der Waals surface area (Å²) >= 11 is 8.56. The number of benzene rings is 3. The zero-order valence-electron chi connectivity index (χ0n) is 30.3. The van der Waals surface area contributed by atoms with E-state index in [0.717, 1.165) is 21.7 Å². The lowest BCUT2D eigenvalue weighted by Crippen LogP contribution is -2.36. The molecule has 8 bridgehead atoms. The highest BCUT2D eigenvalue weighted by molar-refractivity contribution is 7.98. The molecular weight excluding hydrogens is 739 g/mol. The van der Waals surface area contributed by atoms with Crippen molar-refractivity contribution in [2.75, 3.05) is 6.61 Å². The number of aryl methyl sites for hydroxylation is 4. The van der Waals surface area contributed by atoms with Crippen LogP contribution in [-0.4, -0.2) is 59.8 Å². The third kappa shape index (κ3) is 6.70. The van der Waals surface area contributed by atoms with Crippen LogP contribution in [0.3, 0.4) is 0 Å². The third-order valence-corrected chi connectivity index (χ3v) is 13.4. The minimum Gasteiger partial charge on any atom is -0.493 e. The Bertz CT molecular complexity index is 2540. The SMILES string of the molecule is Cc1c(C(=O)O)n2c3ccc(Cl)c(c13)-c1c(nn(C)c1C)CN(S(=O)(=O)C(C)C)Cc1cc(n(C)n1)CSc1cc(c3ccc(F)cc3c1)OCCC2. The lowest BCUT2D eigenvalue weighted by molar-refractivity contribution is 0.0684. The summed E-state index contributed by atoms with van der Waals surface area (Å²) in [5.41, 5.74) is 5.26. The summed E-state index contributed by atoms with van der Waals surface area (Å²) < 4.78 is 55.4. The van der Waals surface area contributed by atoms with Crippen LogP contribution in [0.15, 0.2) is 53.4 Å². The number of hydrogen-bond acceptors (Lipinski definition) is 7. The van der Waals surface area contributed by atoms with E-state index in [1.807, 2.05) is 38.2 Å². The van der Waals surface area contributed by atoms with E-state index in [2.05, 4.69) is 0 Å². The molecule has 0 amide bonds. The predicted octanol–water partition coefficient (Wildman–Crippen LogP) is 7.85. The minimum atomic E-state index is -3.83. The fourth-order valence-corrected chi connectivity index (χ4v) is 9.63. The highest BCUT2D eigenvalue weighted by Gasteiger charge is 2.32. The van der Waals surface area contributed by atoms with Crippen LogP contribution in [0.25, 0.3) is 32.8 Å². The predicted molar refractivity (Wildman–Crippen MR) is 206 cm³/mol. The molecule has 0 atom stereocenters. The average Bonchev–Trinajstić information content (AvgIpc) is 3.69. The van der Waals surface area contributed by atoms with Crippen molar-refractivity contribution in [3.05, 3.63) is 93.4 Å². The monoisotopic (exact) mass is 778 g/mol. The maximum atomic E-state index is 14.4.